The van der Waals surface area contributed by atoms with Crippen LogP contribution in [-0.4, -0.2) is 18.5 Å². The lowest BCUT2D eigenvalue weighted by Crippen LogP contribution is -2.54. The Kier molecular flexibility index (Phi) is 2.91. The number of nitrogens with one attached hydrogen (secondary N) is 1. The van der Waals surface area contributed by atoms with Gasteiger partial charge in [0.25, 0.3) is 0 Å². The first-order chi connectivity index (χ1) is 8.58. The van der Waals surface area contributed by atoms with E-state index in [1.165, 1.54) is 0 Å². The third-order valence-electron chi connectivity index (χ3n) is 3.81. The van der Waals surface area contributed by atoms with Crippen LogP contribution in [-0.2, 0) is 4.79 Å². The highest BCUT2D eigenvalue weighted by molar-refractivity contribution is 6.42. The number of fused-ring (bicyclic) bond motifs is 3. The largest absolute Gasteiger partial charge is 0.358 e. The molecule has 2 heterocycles. The van der Waals surface area contributed by atoms with Crippen LogP contribution in [0.3, 0.4) is 0 Å². The molecule has 0 radical (unpaired) electrons. The molecule has 2 unspecified atom stereocenters. The Morgan fingerprint density at radius 3 is 2.83 bits per heavy atom. The number of hydrogen-bond donors (Lipinski definition) is 1. The third-order valence-corrected chi connectivity index (χ3v) is 4.53. The molecule has 0 saturated carbocycles. The van der Waals surface area contributed by atoms with Gasteiger partial charge in [-0.3, -0.25) is 4.79 Å². The van der Waals surface area contributed by atoms with Crippen LogP contribution in [0.15, 0.2) is 12.1 Å². The van der Waals surface area contributed by atoms with Crippen LogP contribution in [0, 0.1) is 5.92 Å². The maximum absolute atomic E-state index is 12.2. The van der Waals surface area contributed by atoms with Crippen molar-refractivity contribution in [1.29, 1.82) is 0 Å². The summed E-state index contributed by atoms with van der Waals surface area (Å²) in [5, 5.41) is 3.94. The summed E-state index contributed by atoms with van der Waals surface area (Å²) in [5.41, 5.74) is 1.75. The molecule has 2 aliphatic rings. The van der Waals surface area contributed by atoms with Crippen LogP contribution in [0.1, 0.15) is 19.8 Å². The second-order valence-corrected chi connectivity index (χ2v) is 5.84. The molecule has 1 fully saturated rings. The van der Waals surface area contributed by atoms with E-state index in [0.29, 0.717) is 16.0 Å². The first kappa shape index (κ1) is 12.1. The van der Waals surface area contributed by atoms with Crippen molar-refractivity contribution in [2.75, 3.05) is 16.8 Å². The molecule has 3 rings (SSSR count). The molecular formula is C13H14Cl2N2O. The second kappa shape index (κ2) is 4.32. The number of halogens is 2. The van der Waals surface area contributed by atoms with Gasteiger partial charge in [0.2, 0.25) is 5.91 Å². The molecule has 96 valence electrons. The van der Waals surface area contributed by atoms with E-state index in [1.807, 2.05) is 6.07 Å². The van der Waals surface area contributed by atoms with E-state index in [9.17, 15) is 4.79 Å². The van der Waals surface area contributed by atoms with Gasteiger partial charge in [0.15, 0.2) is 0 Å². The van der Waals surface area contributed by atoms with Crippen molar-refractivity contribution in [3.05, 3.63) is 22.2 Å². The van der Waals surface area contributed by atoms with Crippen LogP contribution < -0.4 is 10.2 Å². The highest BCUT2D eigenvalue weighted by Crippen LogP contribution is 2.41. The molecule has 1 aromatic rings. The Labute approximate surface area is 116 Å². The minimum Gasteiger partial charge on any atom is -0.358 e. The van der Waals surface area contributed by atoms with Gasteiger partial charge in [0.1, 0.15) is 6.04 Å². The van der Waals surface area contributed by atoms with Crippen molar-refractivity contribution in [3.63, 3.8) is 0 Å². The number of amides is 1. The monoisotopic (exact) mass is 284 g/mol. The average molecular weight is 285 g/mol. The fourth-order valence-electron chi connectivity index (χ4n) is 2.94. The quantitative estimate of drug-likeness (QED) is 0.790. The van der Waals surface area contributed by atoms with Gasteiger partial charge in [0.05, 0.1) is 21.4 Å². The number of hydrogen-bond acceptors (Lipinski definition) is 2. The van der Waals surface area contributed by atoms with Crippen LogP contribution in [0.25, 0.3) is 0 Å². The van der Waals surface area contributed by atoms with E-state index in [4.69, 9.17) is 23.2 Å². The summed E-state index contributed by atoms with van der Waals surface area (Å²) in [6.45, 7) is 3.02. The average Bonchev–Trinajstić information content (AvgIpc) is 2.32. The normalized spacial score (nSPS) is 26.4. The highest BCUT2D eigenvalue weighted by Gasteiger charge is 2.39. The molecule has 0 spiro atoms. The van der Waals surface area contributed by atoms with Gasteiger partial charge < -0.3 is 10.2 Å². The van der Waals surface area contributed by atoms with Crippen LogP contribution in [0.4, 0.5) is 11.4 Å². The van der Waals surface area contributed by atoms with Gasteiger partial charge in [-0.05, 0) is 30.9 Å². The number of nitrogens with zero attached hydrogens (tertiary/aromatic N) is 1. The zero-order chi connectivity index (χ0) is 12.9. The molecule has 18 heavy (non-hydrogen) atoms. The van der Waals surface area contributed by atoms with Crippen molar-refractivity contribution in [3.8, 4) is 0 Å². The minimum atomic E-state index is -0.0801. The second-order valence-electron chi connectivity index (χ2n) is 5.03. The van der Waals surface area contributed by atoms with E-state index >= 15 is 0 Å². The van der Waals surface area contributed by atoms with Gasteiger partial charge in [-0.2, -0.15) is 0 Å². The molecule has 1 N–H and O–H groups in total. The van der Waals surface area contributed by atoms with Gasteiger partial charge >= 0.3 is 0 Å². The molecule has 1 amide bonds. The summed E-state index contributed by atoms with van der Waals surface area (Å²) in [4.78, 5) is 14.3. The van der Waals surface area contributed by atoms with Crippen molar-refractivity contribution in [2.24, 2.45) is 5.92 Å². The number of rotatable bonds is 0. The van der Waals surface area contributed by atoms with Gasteiger partial charge in [0, 0.05) is 6.54 Å². The molecule has 1 aromatic carbocycles. The van der Waals surface area contributed by atoms with E-state index in [-0.39, 0.29) is 11.9 Å². The summed E-state index contributed by atoms with van der Waals surface area (Å²) in [5.74, 6) is 0.425. The van der Waals surface area contributed by atoms with Crippen molar-refractivity contribution in [1.82, 2.24) is 0 Å². The first-order valence-corrected chi connectivity index (χ1v) is 6.90. The summed E-state index contributed by atoms with van der Waals surface area (Å²) in [6, 6.07) is 3.50. The van der Waals surface area contributed by atoms with Crippen LogP contribution >= 0.6 is 23.2 Å². The fourth-order valence-corrected chi connectivity index (χ4v) is 3.26. The molecule has 0 aromatic heterocycles. The first-order valence-electron chi connectivity index (χ1n) is 6.14. The summed E-state index contributed by atoms with van der Waals surface area (Å²) in [7, 11) is 0. The Morgan fingerprint density at radius 2 is 2.06 bits per heavy atom. The Morgan fingerprint density at radius 1 is 1.33 bits per heavy atom. The maximum Gasteiger partial charge on any atom is 0.247 e. The standard InChI is InChI=1S/C13H14Cl2N2O/c1-7-3-2-4-17-11-6-9(15)8(14)5-10(11)16-13(18)12(7)17/h5-7,12H,2-4H2,1H3,(H,16,18). The van der Waals surface area contributed by atoms with E-state index in [2.05, 4.69) is 17.1 Å². The van der Waals surface area contributed by atoms with Crippen molar-refractivity contribution in [2.45, 2.75) is 25.8 Å². The van der Waals surface area contributed by atoms with Crippen LogP contribution in [0.2, 0.25) is 10.0 Å². The van der Waals surface area contributed by atoms with Gasteiger partial charge in [-0.15, -0.1) is 0 Å². The third kappa shape index (κ3) is 1.77. The summed E-state index contributed by atoms with van der Waals surface area (Å²) < 4.78 is 0. The Hall–Kier alpha value is -0.930. The maximum atomic E-state index is 12.2. The van der Waals surface area contributed by atoms with Gasteiger partial charge in [-0.25, -0.2) is 0 Å². The van der Waals surface area contributed by atoms with Crippen LogP contribution in [0.5, 0.6) is 0 Å². The smallest absolute Gasteiger partial charge is 0.247 e. The number of benzene rings is 1. The van der Waals surface area contributed by atoms with Crippen molar-refractivity contribution < 1.29 is 4.79 Å². The molecule has 1 saturated heterocycles. The molecule has 0 bridgehead atoms. The zero-order valence-corrected chi connectivity index (χ0v) is 11.6. The summed E-state index contributed by atoms with van der Waals surface area (Å²) >= 11 is 12.1. The number of piperidine rings is 1. The highest BCUT2D eigenvalue weighted by atomic mass is 35.5. The lowest BCUT2D eigenvalue weighted by Gasteiger charge is -2.44. The Balaban J connectivity index is 2.10. The Bertz CT molecular complexity index is 518. The van der Waals surface area contributed by atoms with E-state index in [1.54, 1.807) is 6.07 Å². The molecule has 3 nitrogen and oxygen atoms in total. The van der Waals surface area contributed by atoms with E-state index in [0.717, 1.165) is 30.8 Å². The molecule has 5 heteroatoms. The predicted octanol–water partition coefficient (Wildman–Crippen LogP) is 3.55. The lowest BCUT2D eigenvalue weighted by atomic mass is 9.88. The number of carbonyl (C=O) groups excluding carboxylic acids is 1. The fraction of sp³-hybridized carbons (Fsp3) is 0.462. The topological polar surface area (TPSA) is 32.3 Å². The SMILES string of the molecule is CC1CCCN2c3cc(Cl)c(Cl)cc3NC(=O)C12. The molecule has 0 aliphatic carbocycles. The van der Waals surface area contributed by atoms with E-state index < -0.39 is 0 Å². The number of carbonyl (C=O) groups is 1. The van der Waals surface area contributed by atoms with Crippen molar-refractivity contribution >= 4 is 40.5 Å². The molecule has 2 aliphatic heterocycles. The predicted molar refractivity (Wildman–Crippen MR) is 74.6 cm³/mol. The van der Waals surface area contributed by atoms with Gasteiger partial charge in [-0.1, -0.05) is 30.1 Å². The number of anilines is 2. The molecule has 2 atom stereocenters. The molecular weight excluding hydrogens is 271 g/mol. The lowest BCUT2D eigenvalue weighted by molar-refractivity contribution is -0.119. The summed E-state index contributed by atoms with van der Waals surface area (Å²) in [6.07, 6.45) is 2.19. The minimum absolute atomic E-state index is 0.0630. The zero-order valence-electron chi connectivity index (χ0n) is 10.0.